The van der Waals surface area contributed by atoms with E-state index in [1.54, 1.807) is 7.11 Å². The van der Waals surface area contributed by atoms with E-state index in [1.165, 1.54) is 31.2 Å². The summed E-state index contributed by atoms with van der Waals surface area (Å²) < 4.78 is 5.22. The summed E-state index contributed by atoms with van der Waals surface area (Å²) in [6.45, 7) is 2.35. The van der Waals surface area contributed by atoms with Crippen LogP contribution >= 0.6 is 11.6 Å². The van der Waals surface area contributed by atoms with Gasteiger partial charge < -0.3 is 10.1 Å². The molecule has 0 heterocycles. The third-order valence-electron chi connectivity index (χ3n) is 4.39. The summed E-state index contributed by atoms with van der Waals surface area (Å²) in [5.41, 5.74) is 1.20. The molecule has 1 aromatic carbocycles. The van der Waals surface area contributed by atoms with Crippen molar-refractivity contribution in [3.05, 3.63) is 28.8 Å². The Balaban J connectivity index is 2.17. The molecule has 1 fully saturated rings. The highest BCUT2D eigenvalue weighted by molar-refractivity contribution is 6.31. The average Bonchev–Trinajstić information content (AvgIpc) is 2.43. The molecule has 2 rings (SSSR count). The van der Waals surface area contributed by atoms with Crippen molar-refractivity contribution in [2.75, 3.05) is 14.2 Å². The smallest absolute Gasteiger partial charge is 0.120 e. The Morgan fingerprint density at radius 1 is 1.26 bits per heavy atom. The standard InChI is InChI=1S/C16H24ClNO/c1-11-4-6-12(7-5-11)16(18-2)14-9-8-13(19-3)10-15(14)17/h8-12,16,18H,4-7H2,1-3H3. The number of rotatable bonds is 4. The second kappa shape index (κ2) is 6.62. The van der Waals surface area contributed by atoms with Gasteiger partial charge in [-0.15, -0.1) is 0 Å². The van der Waals surface area contributed by atoms with Gasteiger partial charge in [0.05, 0.1) is 7.11 Å². The maximum atomic E-state index is 6.41. The van der Waals surface area contributed by atoms with Crippen molar-refractivity contribution >= 4 is 11.6 Å². The lowest BCUT2D eigenvalue weighted by Crippen LogP contribution is -2.28. The van der Waals surface area contributed by atoms with E-state index in [9.17, 15) is 0 Å². The van der Waals surface area contributed by atoms with Crippen LogP contribution in [0.1, 0.15) is 44.2 Å². The van der Waals surface area contributed by atoms with Gasteiger partial charge >= 0.3 is 0 Å². The minimum Gasteiger partial charge on any atom is -0.497 e. The van der Waals surface area contributed by atoms with E-state index in [4.69, 9.17) is 16.3 Å². The first-order valence-electron chi connectivity index (χ1n) is 7.16. The Labute approximate surface area is 121 Å². The molecule has 1 aliphatic rings. The van der Waals surface area contributed by atoms with E-state index in [2.05, 4.69) is 18.3 Å². The lowest BCUT2D eigenvalue weighted by Gasteiger charge is -2.33. The van der Waals surface area contributed by atoms with Crippen molar-refractivity contribution in [1.82, 2.24) is 5.32 Å². The van der Waals surface area contributed by atoms with Gasteiger partial charge in [-0.25, -0.2) is 0 Å². The van der Waals surface area contributed by atoms with Gasteiger partial charge in [-0.1, -0.05) is 37.4 Å². The molecule has 106 valence electrons. The molecule has 19 heavy (non-hydrogen) atoms. The summed E-state index contributed by atoms with van der Waals surface area (Å²) in [5.74, 6) is 2.38. The Kier molecular flexibility index (Phi) is 5.12. The molecule has 0 aliphatic heterocycles. The van der Waals surface area contributed by atoms with Crippen molar-refractivity contribution in [1.29, 1.82) is 0 Å². The molecule has 2 nitrogen and oxygen atoms in total. The molecule has 1 aliphatic carbocycles. The Morgan fingerprint density at radius 2 is 1.95 bits per heavy atom. The summed E-state index contributed by atoms with van der Waals surface area (Å²) >= 11 is 6.41. The zero-order chi connectivity index (χ0) is 13.8. The molecule has 1 atom stereocenters. The molecular weight excluding hydrogens is 258 g/mol. The minimum absolute atomic E-state index is 0.353. The Bertz CT molecular complexity index is 413. The molecule has 0 saturated heterocycles. The summed E-state index contributed by atoms with van der Waals surface area (Å²) in [4.78, 5) is 0. The van der Waals surface area contributed by atoms with Gasteiger partial charge in [0.2, 0.25) is 0 Å². The molecule has 0 spiro atoms. The molecule has 3 heteroatoms. The van der Waals surface area contributed by atoms with Gasteiger partial charge in [-0.3, -0.25) is 0 Å². The highest BCUT2D eigenvalue weighted by Crippen LogP contribution is 2.39. The van der Waals surface area contributed by atoms with Crippen molar-refractivity contribution in [3.8, 4) is 5.75 Å². The first kappa shape index (κ1) is 14.7. The highest BCUT2D eigenvalue weighted by atomic mass is 35.5. The predicted octanol–water partition coefficient (Wildman–Crippen LogP) is 4.44. The SMILES string of the molecule is CNC(c1ccc(OC)cc1Cl)C1CCC(C)CC1. The molecule has 0 bridgehead atoms. The van der Waals surface area contributed by atoms with Gasteiger partial charge in [-0.05, 0) is 49.4 Å². The fourth-order valence-corrected chi connectivity index (χ4v) is 3.44. The molecular formula is C16H24ClNO. The molecule has 0 amide bonds. The van der Waals surface area contributed by atoms with E-state index >= 15 is 0 Å². The first-order valence-corrected chi connectivity index (χ1v) is 7.54. The van der Waals surface area contributed by atoms with E-state index in [1.807, 2.05) is 19.2 Å². The van der Waals surface area contributed by atoms with Gasteiger partial charge in [0.25, 0.3) is 0 Å². The largest absolute Gasteiger partial charge is 0.497 e. The van der Waals surface area contributed by atoms with Crippen LogP contribution in [0.2, 0.25) is 5.02 Å². The number of hydrogen-bond donors (Lipinski definition) is 1. The number of ether oxygens (including phenoxy) is 1. The number of benzene rings is 1. The van der Waals surface area contributed by atoms with Crippen LogP contribution < -0.4 is 10.1 Å². The molecule has 1 unspecified atom stereocenters. The van der Waals surface area contributed by atoms with Gasteiger partial charge in [-0.2, -0.15) is 0 Å². The number of methoxy groups -OCH3 is 1. The maximum Gasteiger partial charge on any atom is 0.120 e. The number of nitrogens with one attached hydrogen (secondary N) is 1. The minimum atomic E-state index is 0.353. The maximum absolute atomic E-state index is 6.41. The van der Waals surface area contributed by atoms with E-state index in [0.717, 1.165) is 16.7 Å². The van der Waals surface area contributed by atoms with Gasteiger partial charge in [0.1, 0.15) is 5.75 Å². The fraction of sp³-hybridized carbons (Fsp3) is 0.625. The number of hydrogen-bond acceptors (Lipinski definition) is 2. The molecule has 1 saturated carbocycles. The normalized spacial score (nSPS) is 25.1. The van der Waals surface area contributed by atoms with E-state index < -0.39 is 0 Å². The van der Waals surface area contributed by atoms with Crippen molar-refractivity contribution in [2.45, 2.75) is 38.6 Å². The summed E-state index contributed by atoms with van der Waals surface area (Å²) in [6, 6.07) is 6.36. The quantitative estimate of drug-likeness (QED) is 0.881. The molecule has 0 radical (unpaired) electrons. The van der Waals surface area contributed by atoms with Crippen LogP contribution in [-0.4, -0.2) is 14.2 Å². The second-order valence-corrected chi connectivity index (χ2v) is 6.08. The molecule has 1 aromatic rings. The monoisotopic (exact) mass is 281 g/mol. The van der Waals surface area contributed by atoms with Crippen LogP contribution in [0, 0.1) is 11.8 Å². The third-order valence-corrected chi connectivity index (χ3v) is 4.71. The third kappa shape index (κ3) is 3.43. The van der Waals surface area contributed by atoms with Gasteiger partial charge in [0.15, 0.2) is 0 Å². The van der Waals surface area contributed by atoms with Gasteiger partial charge in [0, 0.05) is 11.1 Å². The number of halogens is 1. The van der Waals surface area contributed by atoms with Crippen molar-refractivity contribution < 1.29 is 4.74 Å². The van der Waals surface area contributed by atoms with E-state index in [0.29, 0.717) is 12.0 Å². The topological polar surface area (TPSA) is 21.3 Å². The van der Waals surface area contributed by atoms with Crippen LogP contribution in [0.25, 0.3) is 0 Å². The molecule has 0 aromatic heterocycles. The predicted molar refractivity (Wildman–Crippen MR) is 80.9 cm³/mol. The summed E-state index contributed by atoms with van der Waals surface area (Å²) in [6.07, 6.45) is 5.23. The van der Waals surface area contributed by atoms with Crippen LogP contribution in [0.3, 0.4) is 0 Å². The highest BCUT2D eigenvalue weighted by Gasteiger charge is 2.27. The fourth-order valence-electron chi connectivity index (χ4n) is 3.15. The van der Waals surface area contributed by atoms with Crippen LogP contribution in [0.4, 0.5) is 0 Å². The van der Waals surface area contributed by atoms with E-state index in [-0.39, 0.29) is 0 Å². The zero-order valence-corrected chi connectivity index (χ0v) is 12.8. The summed E-state index contributed by atoms with van der Waals surface area (Å²) in [7, 11) is 3.70. The van der Waals surface area contributed by atoms with Crippen LogP contribution in [0.15, 0.2) is 18.2 Å². The summed E-state index contributed by atoms with van der Waals surface area (Å²) in [5, 5.41) is 4.26. The van der Waals surface area contributed by atoms with Crippen LogP contribution in [-0.2, 0) is 0 Å². The lowest BCUT2D eigenvalue weighted by atomic mass is 9.77. The molecule has 1 N–H and O–H groups in total. The second-order valence-electron chi connectivity index (χ2n) is 5.67. The first-order chi connectivity index (χ1) is 9.15. The van der Waals surface area contributed by atoms with Crippen LogP contribution in [0.5, 0.6) is 5.75 Å². The average molecular weight is 282 g/mol. The lowest BCUT2D eigenvalue weighted by molar-refractivity contribution is 0.238. The van der Waals surface area contributed by atoms with Crippen molar-refractivity contribution in [3.63, 3.8) is 0 Å². The zero-order valence-electron chi connectivity index (χ0n) is 12.1. The van der Waals surface area contributed by atoms with Crippen molar-refractivity contribution in [2.24, 2.45) is 11.8 Å². The Hall–Kier alpha value is -0.730. The Morgan fingerprint density at radius 3 is 2.47 bits per heavy atom.